The van der Waals surface area contributed by atoms with Crippen LogP contribution >= 0.6 is 0 Å². The van der Waals surface area contributed by atoms with Crippen LogP contribution in [0.1, 0.15) is 72.8 Å². The molecule has 3 heterocycles. The molecule has 34 heavy (non-hydrogen) atoms. The largest absolute Gasteiger partial charge is 0.354 e. The summed E-state index contributed by atoms with van der Waals surface area (Å²) in [4.78, 5) is 19.2. The fourth-order valence-electron chi connectivity index (χ4n) is 6.08. The van der Waals surface area contributed by atoms with E-state index < -0.39 is 0 Å². The van der Waals surface area contributed by atoms with E-state index in [2.05, 4.69) is 82.6 Å². The maximum Gasteiger partial charge on any atom is 0.254 e. The van der Waals surface area contributed by atoms with Gasteiger partial charge in [-0.3, -0.25) is 4.79 Å². The lowest BCUT2D eigenvalue weighted by Crippen LogP contribution is -2.39. The highest BCUT2D eigenvalue weighted by Crippen LogP contribution is 2.42. The number of nitrogens with one attached hydrogen (secondary N) is 1. The summed E-state index contributed by atoms with van der Waals surface area (Å²) in [6.45, 7) is 6.38. The molecule has 1 fully saturated rings. The molecule has 1 saturated carbocycles. The quantitative estimate of drug-likeness (QED) is 0.480. The molecule has 6 rings (SSSR count). The number of hydrogen-bond acceptors (Lipinski definition) is 5. The second-order valence-corrected chi connectivity index (χ2v) is 10.0. The Labute approximate surface area is 198 Å². The average molecular weight is 455 g/mol. The number of H-pyrrole nitrogens is 1. The molecule has 2 aromatic carbocycles. The number of aryl methyl sites for hydroxylation is 2. The zero-order valence-corrected chi connectivity index (χ0v) is 20.0. The molecular weight excluding hydrogens is 424 g/mol. The van der Waals surface area contributed by atoms with Gasteiger partial charge in [-0.05, 0) is 85.3 Å². The van der Waals surface area contributed by atoms with Crippen molar-refractivity contribution >= 4 is 16.6 Å². The maximum atomic E-state index is 13.6. The van der Waals surface area contributed by atoms with Crippen LogP contribution < -0.4 is 10.5 Å². The van der Waals surface area contributed by atoms with Crippen LogP contribution in [0.15, 0.2) is 47.3 Å². The first kappa shape index (κ1) is 21.1. The molecule has 1 aliphatic carbocycles. The molecule has 7 heteroatoms. The van der Waals surface area contributed by atoms with Gasteiger partial charge in [0.1, 0.15) is 6.04 Å². The Kier molecular flexibility index (Phi) is 5.01. The third-order valence-electron chi connectivity index (χ3n) is 7.61. The van der Waals surface area contributed by atoms with E-state index in [4.69, 9.17) is 0 Å². The molecule has 1 aliphatic heterocycles. The molecule has 2 aromatic heterocycles. The lowest BCUT2D eigenvalue weighted by Gasteiger charge is -2.34. The summed E-state index contributed by atoms with van der Waals surface area (Å²) in [6, 6.07) is 14.9. The number of para-hydroxylation sites is 1. The summed E-state index contributed by atoms with van der Waals surface area (Å²) < 4.78 is 2.00. The SMILES string of the molecule is Cc1cc(C)c2cc([C@H](c3nnnn3C3CCCC3)N3c4ccccc4C[C@H]3C)c(=O)[nH]c2c1. The van der Waals surface area contributed by atoms with E-state index in [1.54, 1.807) is 0 Å². The molecule has 0 saturated heterocycles. The highest BCUT2D eigenvalue weighted by atomic mass is 16.1. The molecule has 174 valence electrons. The van der Waals surface area contributed by atoms with Gasteiger partial charge in [-0.15, -0.1) is 5.10 Å². The number of fused-ring (bicyclic) bond motifs is 2. The maximum absolute atomic E-state index is 13.6. The van der Waals surface area contributed by atoms with Crippen molar-refractivity contribution in [2.45, 2.75) is 71.0 Å². The van der Waals surface area contributed by atoms with Crippen LogP contribution in [0.3, 0.4) is 0 Å². The van der Waals surface area contributed by atoms with Gasteiger partial charge in [0, 0.05) is 28.2 Å². The van der Waals surface area contributed by atoms with E-state index in [0.717, 1.165) is 52.8 Å². The summed E-state index contributed by atoms with van der Waals surface area (Å²) in [5, 5.41) is 14.2. The number of benzene rings is 2. The second kappa shape index (κ2) is 8.08. The van der Waals surface area contributed by atoms with Crippen LogP contribution in [0, 0.1) is 13.8 Å². The Bertz CT molecular complexity index is 1430. The van der Waals surface area contributed by atoms with E-state index in [1.807, 2.05) is 10.7 Å². The Morgan fingerprint density at radius 3 is 2.71 bits per heavy atom. The number of rotatable bonds is 4. The van der Waals surface area contributed by atoms with Crippen molar-refractivity contribution in [1.82, 2.24) is 25.2 Å². The molecular formula is C27H30N6O. The normalized spacial score (nSPS) is 19.1. The first-order valence-electron chi connectivity index (χ1n) is 12.3. The van der Waals surface area contributed by atoms with Crippen LogP contribution in [0.25, 0.3) is 10.9 Å². The fourth-order valence-corrected chi connectivity index (χ4v) is 6.08. The molecule has 0 radical (unpaired) electrons. The molecule has 2 aliphatic rings. The number of aromatic nitrogens is 5. The zero-order chi connectivity index (χ0) is 23.4. The van der Waals surface area contributed by atoms with E-state index in [-0.39, 0.29) is 23.7 Å². The van der Waals surface area contributed by atoms with Crippen LogP contribution in [0.5, 0.6) is 0 Å². The number of aromatic amines is 1. The number of hydrogen-bond donors (Lipinski definition) is 1. The van der Waals surface area contributed by atoms with Gasteiger partial charge >= 0.3 is 0 Å². The minimum atomic E-state index is -0.372. The van der Waals surface area contributed by atoms with Gasteiger partial charge in [0.05, 0.1) is 6.04 Å². The molecule has 4 aromatic rings. The zero-order valence-electron chi connectivity index (χ0n) is 20.0. The van der Waals surface area contributed by atoms with Gasteiger partial charge in [0.15, 0.2) is 5.82 Å². The van der Waals surface area contributed by atoms with Gasteiger partial charge in [-0.2, -0.15) is 0 Å². The smallest absolute Gasteiger partial charge is 0.254 e. The van der Waals surface area contributed by atoms with Gasteiger partial charge < -0.3 is 9.88 Å². The van der Waals surface area contributed by atoms with Gasteiger partial charge in [-0.25, -0.2) is 4.68 Å². The number of pyridine rings is 1. The summed E-state index contributed by atoms with van der Waals surface area (Å²) in [7, 11) is 0. The van der Waals surface area contributed by atoms with Crippen molar-refractivity contribution in [2.75, 3.05) is 4.90 Å². The first-order chi connectivity index (χ1) is 16.5. The third-order valence-corrected chi connectivity index (χ3v) is 7.61. The van der Waals surface area contributed by atoms with Crippen molar-refractivity contribution in [1.29, 1.82) is 0 Å². The summed E-state index contributed by atoms with van der Waals surface area (Å²) in [6.07, 6.45) is 5.45. The van der Waals surface area contributed by atoms with E-state index in [9.17, 15) is 4.79 Å². The standard InChI is InChI=1S/C27H30N6O/c1-16-12-17(2)21-15-22(27(34)28-23(21)13-16)25(26-29-30-31-33(26)20-9-5-6-10-20)32-18(3)14-19-8-4-7-11-24(19)32/h4,7-8,11-13,15,18,20,25H,5-6,9-10,14H2,1-3H3,(H,28,34)/t18-,25-/m1/s1. The van der Waals surface area contributed by atoms with Crippen molar-refractivity contribution in [3.05, 3.63) is 80.9 Å². The topological polar surface area (TPSA) is 79.7 Å². The minimum Gasteiger partial charge on any atom is -0.354 e. The monoisotopic (exact) mass is 454 g/mol. The Morgan fingerprint density at radius 2 is 1.88 bits per heavy atom. The van der Waals surface area contributed by atoms with Gasteiger partial charge in [0.25, 0.3) is 5.56 Å². The Balaban J connectivity index is 1.60. The van der Waals surface area contributed by atoms with Crippen molar-refractivity contribution in [2.24, 2.45) is 0 Å². The second-order valence-electron chi connectivity index (χ2n) is 10.0. The Hall–Kier alpha value is -3.48. The third kappa shape index (κ3) is 3.33. The summed E-state index contributed by atoms with van der Waals surface area (Å²) >= 11 is 0. The molecule has 0 unspecified atom stereocenters. The molecule has 0 amide bonds. The number of anilines is 1. The van der Waals surface area contributed by atoms with Crippen LogP contribution in [0.4, 0.5) is 5.69 Å². The minimum absolute atomic E-state index is 0.0833. The lowest BCUT2D eigenvalue weighted by molar-refractivity contribution is 0.423. The Morgan fingerprint density at radius 1 is 1.09 bits per heavy atom. The van der Waals surface area contributed by atoms with Crippen molar-refractivity contribution < 1.29 is 0 Å². The van der Waals surface area contributed by atoms with Crippen molar-refractivity contribution in [3.8, 4) is 0 Å². The van der Waals surface area contributed by atoms with E-state index >= 15 is 0 Å². The summed E-state index contributed by atoms with van der Waals surface area (Å²) in [5.74, 6) is 0.755. The van der Waals surface area contributed by atoms with Crippen LogP contribution in [0.2, 0.25) is 0 Å². The molecule has 2 atom stereocenters. The highest BCUT2D eigenvalue weighted by Gasteiger charge is 2.39. The predicted octanol–water partition coefficient (Wildman–Crippen LogP) is 4.79. The van der Waals surface area contributed by atoms with Crippen LogP contribution in [-0.2, 0) is 6.42 Å². The predicted molar refractivity (Wildman–Crippen MR) is 133 cm³/mol. The van der Waals surface area contributed by atoms with Crippen molar-refractivity contribution in [3.63, 3.8) is 0 Å². The average Bonchev–Trinajstić information content (AvgIpc) is 3.55. The highest BCUT2D eigenvalue weighted by molar-refractivity contribution is 5.83. The van der Waals surface area contributed by atoms with Crippen LogP contribution in [-0.4, -0.2) is 31.2 Å². The number of tetrazole rings is 1. The van der Waals surface area contributed by atoms with Gasteiger partial charge in [-0.1, -0.05) is 37.1 Å². The molecule has 7 nitrogen and oxygen atoms in total. The summed E-state index contributed by atoms with van der Waals surface area (Å²) in [5.41, 5.74) is 6.21. The van der Waals surface area contributed by atoms with Gasteiger partial charge in [0.2, 0.25) is 0 Å². The first-order valence-corrected chi connectivity index (χ1v) is 12.3. The lowest BCUT2D eigenvalue weighted by atomic mass is 9.99. The molecule has 0 spiro atoms. The molecule has 1 N–H and O–H groups in total. The van der Waals surface area contributed by atoms with E-state index in [0.29, 0.717) is 5.56 Å². The fraction of sp³-hybridized carbons (Fsp3) is 0.407. The van der Waals surface area contributed by atoms with E-state index in [1.165, 1.54) is 18.4 Å². The molecule has 0 bridgehead atoms. The number of nitrogens with zero attached hydrogens (tertiary/aromatic N) is 5.